The molecule has 0 fully saturated rings. The minimum Gasteiger partial charge on any atom is -0.493 e. The largest absolute Gasteiger partial charge is 0.493 e. The molecule has 0 bridgehead atoms. The number of nitrogens with zero attached hydrogens (tertiary/aromatic N) is 1. The van der Waals surface area contributed by atoms with Gasteiger partial charge in [0.15, 0.2) is 0 Å². The van der Waals surface area contributed by atoms with E-state index in [0.717, 1.165) is 18.5 Å². The molecule has 0 aliphatic rings. The number of benzene rings is 1. The zero-order valence-electron chi connectivity index (χ0n) is 15.0. The average molecular weight is 322 g/mol. The smallest absolute Gasteiger partial charge is 0.341 e. The Morgan fingerprint density at radius 3 is 2.61 bits per heavy atom. The van der Waals surface area contributed by atoms with Crippen molar-refractivity contribution in [3.63, 3.8) is 0 Å². The third-order valence-corrected chi connectivity index (χ3v) is 3.18. The molecule has 0 aliphatic carbocycles. The summed E-state index contributed by atoms with van der Waals surface area (Å²) in [6.07, 6.45) is 2.00. The van der Waals surface area contributed by atoms with Crippen LogP contribution in [0.2, 0.25) is 0 Å². The molecule has 0 atom stereocenters. The van der Waals surface area contributed by atoms with Crippen LogP contribution in [0.4, 0.5) is 5.69 Å². The predicted molar refractivity (Wildman–Crippen MR) is 94.4 cm³/mol. The minimum absolute atomic E-state index is 0.316. The Morgan fingerprint density at radius 1 is 1.26 bits per heavy atom. The van der Waals surface area contributed by atoms with Gasteiger partial charge >= 0.3 is 5.97 Å². The summed E-state index contributed by atoms with van der Waals surface area (Å²) in [5, 5.41) is 3.32. The minimum atomic E-state index is -0.338. The Morgan fingerprint density at radius 2 is 2.00 bits per heavy atom. The molecule has 0 aliphatic heterocycles. The molecule has 5 heteroatoms. The van der Waals surface area contributed by atoms with Gasteiger partial charge in [-0.1, -0.05) is 13.3 Å². The van der Waals surface area contributed by atoms with Crippen LogP contribution in [0.1, 0.15) is 44.0 Å². The van der Waals surface area contributed by atoms with E-state index in [4.69, 9.17) is 9.47 Å². The van der Waals surface area contributed by atoms with E-state index < -0.39 is 0 Å². The van der Waals surface area contributed by atoms with Crippen molar-refractivity contribution in [3.8, 4) is 5.75 Å². The molecule has 0 aromatic heterocycles. The number of hydrogen-bond acceptors (Lipinski definition) is 5. The van der Waals surface area contributed by atoms with Gasteiger partial charge in [-0.25, -0.2) is 4.79 Å². The first kappa shape index (κ1) is 19.3. The molecule has 23 heavy (non-hydrogen) atoms. The fourth-order valence-corrected chi connectivity index (χ4v) is 1.96. The van der Waals surface area contributed by atoms with Gasteiger partial charge in [-0.3, -0.25) is 0 Å². The van der Waals surface area contributed by atoms with Crippen LogP contribution in [0, 0.1) is 0 Å². The van der Waals surface area contributed by atoms with E-state index in [-0.39, 0.29) is 5.97 Å². The third-order valence-electron chi connectivity index (χ3n) is 3.18. The number of carbonyl (C=O) groups excluding carboxylic acids is 1. The van der Waals surface area contributed by atoms with E-state index in [1.165, 1.54) is 0 Å². The quantitative estimate of drug-likeness (QED) is 0.528. The van der Waals surface area contributed by atoms with E-state index in [0.29, 0.717) is 37.1 Å². The molecule has 1 aromatic carbocycles. The first-order chi connectivity index (χ1) is 10.9. The highest BCUT2D eigenvalue weighted by atomic mass is 16.5. The first-order valence-corrected chi connectivity index (χ1v) is 8.29. The second-order valence-electron chi connectivity index (χ2n) is 6.15. The van der Waals surface area contributed by atoms with Gasteiger partial charge in [0, 0.05) is 24.3 Å². The normalized spacial score (nSPS) is 10.9. The van der Waals surface area contributed by atoms with Crippen molar-refractivity contribution in [1.82, 2.24) is 4.90 Å². The summed E-state index contributed by atoms with van der Waals surface area (Å²) in [5.74, 6) is 0.244. The maximum absolute atomic E-state index is 12.3. The van der Waals surface area contributed by atoms with E-state index in [1.807, 2.05) is 31.1 Å². The van der Waals surface area contributed by atoms with Crippen molar-refractivity contribution in [1.29, 1.82) is 0 Å². The molecule has 0 spiro atoms. The van der Waals surface area contributed by atoms with Crippen LogP contribution >= 0.6 is 0 Å². The van der Waals surface area contributed by atoms with Crippen LogP contribution < -0.4 is 10.1 Å². The highest BCUT2D eigenvalue weighted by molar-refractivity contribution is 5.93. The second kappa shape index (κ2) is 10.1. The maximum Gasteiger partial charge on any atom is 0.341 e. The molecular weight excluding hydrogens is 292 g/mol. The van der Waals surface area contributed by atoms with Gasteiger partial charge in [-0.05, 0) is 46.5 Å². The molecule has 1 rings (SSSR count). The van der Waals surface area contributed by atoms with Gasteiger partial charge in [0.25, 0.3) is 0 Å². The fourth-order valence-electron chi connectivity index (χ4n) is 1.96. The number of anilines is 1. The summed E-state index contributed by atoms with van der Waals surface area (Å²) in [7, 11) is 3.89. The molecule has 0 radical (unpaired) electrons. The van der Waals surface area contributed by atoms with Gasteiger partial charge in [-0.2, -0.15) is 0 Å². The summed E-state index contributed by atoms with van der Waals surface area (Å²) < 4.78 is 11.1. The van der Waals surface area contributed by atoms with Gasteiger partial charge < -0.3 is 19.7 Å². The molecule has 0 saturated carbocycles. The van der Waals surface area contributed by atoms with Crippen molar-refractivity contribution in [2.45, 2.75) is 39.7 Å². The Hall–Kier alpha value is -1.75. The second-order valence-corrected chi connectivity index (χ2v) is 6.15. The number of hydrogen-bond donors (Lipinski definition) is 1. The predicted octanol–water partition coefficient (Wildman–Crippen LogP) is 3.40. The summed E-state index contributed by atoms with van der Waals surface area (Å²) >= 11 is 0. The highest BCUT2D eigenvalue weighted by Gasteiger charge is 2.15. The zero-order chi connectivity index (χ0) is 17.2. The van der Waals surface area contributed by atoms with Crippen LogP contribution in [0.3, 0.4) is 0 Å². The molecule has 0 saturated heterocycles. The molecule has 0 unspecified atom stereocenters. The fraction of sp³-hybridized carbons (Fsp3) is 0.611. The lowest BCUT2D eigenvalue weighted by Gasteiger charge is -2.16. The van der Waals surface area contributed by atoms with Gasteiger partial charge in [0.1, 0.15) is 17.9 Å². The van der Waals surface area contributed by atoms with Crippen molar-refractivity contribution in [3.05, 3.63) is 23.8 Å². The van der Waals surface area contributed by atoms with Crippen LogP contribution in [0.15, 0.2) is 18.2 Å². The first-order valence-electron chi connectivity index (χ1n) is 8.29. The number of ether oxygens (including phenoxy) is 2. The van der Waals surface area contributed by atoms with E-state index in [9.17, 15) is 4.79 Å². The number of rotatable bonds is 10. The van der Waals surface area contributed by atoms with E-state index >= 15 is 0 Å². The van der Waals surface area contributed by atoms with Crippen molar-refractivity contribution in [2.24, 2.45) is 0 Å². The summed E-state index contributed by atoms with van der Waals surface area (Å²) in [4.78, 5) is 14.2. The molecule has 1 aromatic rings. The summed E-state index contributed by atoms with van der Waals surface area (Å²) in [6.45, 7) is 7.91. The Balaban J connectivity index is 2.83. The zero-order valence-corrected chi connectivity index (χ0v) is 15.0. The van der Waals surface area contributed by atoms with Crippen LogP contribution in [-0.2, 0) is 4.74 Å². The summed E-state index contributed by atoms with van der Waals surface area (Å²) in [6, 6.07) is 5.84. The Kier molecular flexibility index (Phi) is 8.48. The summed E-state index contributed by atoms with van der Waals surface area (Å²) in [5.41, 5.74) is 1.42. The lowest BCUT2D eigenvalue weighted by Crippen LogP contribution is -2.20. The topological polar surface area (TPSA) is 50.8 Å². The maximum atomic E-state index is 12.3. The van der Waals surface area contributed by atoms with Crippen LogP contribution in [0.5, 0.6) is 5.75 Å². The lowest BCUT2D eigenvalue weighted by molar-refractivity contribution is 0.0477. The van der Waals surface area contributed by atoms with E-state index in [2.05, 4.69) is 26.1 Å². The van der Waals surface area contributed by atoms with Crippen molar-refractivity contribution < 1.29 is 14.3 Å². The average Bonchev–Trinajstić information content (AvgIpc) is 2.46. The third kappa shape index (κ3) is 7.37. The standard InChI is InChI=1S/C18H30N2O3/c1-6-7-11-22-17-13-15(19-14(2)3)8-9-16(17)18(21)23-12-10-20(4)5/h8-9,13-14,19H,6-7,10-12H2,1-5H3. The van der Waals surface area contributed by atoms with Crippen LogP contribution in [-0.4, -0.2) is 50.8 Å². The highest BCUT2D eigenvalue weighted by Crippen LogP contribution is 2.25. The van der Waals surface area contributed by atoms with Crippen LogP contribution in [0.25, 0.3) is 0 Å². The van der Waals surface area contributed by atoms with Gasteiger partial charge in [-0.15, -0.1) is 0 Å². The van der Waals surface area contributed by atoms with Gasteiger partial charge in [0.05, 0.1) is 6.61 Å². The molecule has 5 nitrogen and oxygen atoms in total. The molecule has 1 N–H and O–H groups in total. The molecular formula is C18H30N2O3. The number of carbonyl (C=O) groups is 1. The molecule has 0 heterocycles. The molecule has 130 valence electrons. The number of unbranched alkanes of at least 4 members (excludes halogenated alkanes) is 1. The lowest BCUT2D eigenvalue weighted by atomic mass is 10.1. The van der Waals surface area contributed by atoms with Gasteiger partial charge in [0.2, 0.25) is 0 Å². The van der Waals surface area contributed by atoms with Crippen molar-refractivity contribution in [2.75, 3.05) is 39.2 Å². The van der Waals surface area contributed by atoms with E-state index in [1.54, 1.807) is 6.07 Å². The number of likely N-dealkylation sites (N-methyl/N-ethyl adjacent to an activating group) is 1. The Labute approximate surface area is 140 Å². The van der Waals surface area contributed by atoms with Crippen molar-refractivity contribution >= 4 is 11.7 Å². The SMILES string of the molecule is CCCCOc1cc(NC(C)C)ccc1C(=O)OCCN(C)C. The monoisotopic (exact) mass is 322 g/mol. The number of esters is 1. The molecule has 0 amide bonds. The number of nitrogens with one attached hydrogen (secondary N) is 1. The Bertz CT molecular complexity index is 487.